The number of ketones is 1. The standard InChI is InChI=1S/C27H32N4O4/c1-6-11-28-26(33)18-8-10-24(29-16-18)31-20-14-27(2,3)15-21(32)25(20)19(30-31)12-17-7-9-22(34-4)23(13-17)35-5/h7-10,13,16H,6,11-12,14-15H2,1-5H3,(H,28,33). The third kappa shape index (κ3) is 5.06. The van der Waals surface area contributed by atoms with E-state index in [1.807, 2.05) is 25.1 Å². The fourth-order valence-corrected chi connectivity index (χ4v) is 4.51. The first-order chi connectivity index (χ1) is 16.8. The molecule has 2 aromatic heterocycles. The Morgan fingerprint density at radius 3 is 2.54 bits per heavy atom. The van der Waals surface area contributed by atoms with Crippen LogP contribution in [0.2, 0.25) is 0 Å². The zero-order valence-corrected chi connectivity index (χ0v) is 21.0. The highest BCUT2D eigenvalue weighted by Crippen LogP contribution is 2.38. The van der Waals surface area contributed by atoms with Crippen LogP contribution >= 0.6 is 0 Å². The summed E-state index contributed by atoms with van der Waals surface area (Å²) >= 11 is 0. The van der Waals surface area contributed by atoms with Gasteiger partial charge in [-0.1, -0.05) is 26.8 Å². The van der Waals surface area contributed by atoms with Crippen LogP contribution in [0.15, 0.2) is 36.5 Å². The number of aromatic nitrogens is 3. The molecule has 0 fully saturated rings. The van der Waals surface area contributed by atoms with Crippen LogP contribution in [-0.4, -0.2) is 47.2 Å². The molecule has 3 aromatic rings. The maximum absolute atomic E-state index is 13.3. The summed E-state index contributed by atoms with van der Waals surface area (Å²) in [4.78, 5) is 30.1. The fourth-order valence-electron chi connectivity index (χ4n) is 4.51. The Kier molecular flexibility index (Phi) is 6.91. The molecule has 1 aliphatic carbocycles. The van der Waals surface area contributed by atoms with Crippen LogP contribution in [0.25, 0.3) is 5.82 Å². The van der Waals surface area contributed by atoms with Crippen LogP contribution in [-0.2, 0) is 12.8 Å². The second kappa shape index (κ2) is 9.90. The number of hydrogen-bond donors (Lipinski definition) is 1. The summed E-state index contributed by atoms with van der Waals surface area (Å²) in [6.07, 6.45) is 4.06. The minimum Gasteiger partial charge on any atom is -0.493 e. The van der Waals surface area contributed by atoms with E-state index in [4.69, 9.17) is 14.6 Å². The van der Waals surface area contributed by atoms with Crippen LogP contribution in [0, 0.1) is 5.41 Å². The van der Waals surface area contributed by atoms with E-state index in [0.717, 1.165) is 17.7 Å². The number of benzene rings is 1. The predicted octanol–water partition coefficient (Wildman–Crippen LogP) is 4.17. The summed E-state index contributed by atoms with van der Waals surface area (Å²) in [7, 11) is 3.20. The van der Waals surface area contributed by atoms with Crippen LogP contribution < -0.4 is 14.8 Å². The molecule has 2 heterocycles. The van der Waals surface area contributed by atoms with E-state index < -0.39 is 0 Å². The average Bonchev–Trinajstić information content (AvgIpc) is 3.19. The molecule has 0 saturated carbocycles. The summed E-state index contributed by atoms with van der Waals surface area (Å²) < 4.78 is 12.6. The van der Waals surface area contributed by atoms with E-state index in [1.165, 1.54) is 0 Å². The van der Waals surface area contributed by atoms with Crippen LogP contribution in [0.5, 0.6) is 11.5 Å². The van der Waals surface area contributed by atoms with Crippen molar-refractivity contribution in [1.29, 1.82) is 0 Å². The van der Waals surface area contributed by atoms with Gasteiger partial charge in [0.15, 0.2) is 23.1 Å². The Balaban J connectivity index is 1.73. The molecule has 1 aliphatic rings. The van der Waals surface area contributed by atoms with Gasteiger partial charge in [0.2, 0.25) is 0 Å². The number of ether oxygens (including phenoxy) is 2. The maximum Gasteiger partial charge on any atom is 0.252 e. The van der Waals surface area contributed by atoms with Gasteiger partial charge in [-0.3, -0.25) is 9.59 Å². The number of nitrogens with one attached hydrogen (secondary N) is 1. The Hall–Kier alpha value is -3.68. The minimum absolute atomic E-state index is 0.0912. The van der Waals surface area contributed by atoms with Crippen LogP contribution in [0.4, 0.5) is 0 Å². The minimum atomic E-state index is -0.178. The molecule has 8 nitrogen and oxygen atoms in total. The van der Waals surface area contributed by atoms with Crippen molar-refractivity contribution < 1.29 is 19.1 Å². The third-order valence-electron chi connectivity index (χ3n) is 6.20. The van der Waals surface area contributed by atoms with Crippen molar-refractivity contribution in [1.82, 2.24) is 20.1 Å². The molecule has 1 N–H and O–H groups in total. The number of hydrogen-bond acceptors (Lipinski definition) is 6. The number of rotatable bonds is 8. The molecule has 0 atom stereocenters. The molecular weight excluding hydrogens is 444 g/mol. The first kappa shape index (κ1) is 24.4. The first-order valence-corrected chi connectivity index (χ1v) is 11.9. The van der Waals surface area contributed by atoms with Crippen molar-refractivity contribution in [2.24, 2.45) is 5.41 Å². The van der Waals surface area contributed by atoms with Gasteiger partial charge in [0.1, 0.15) is 0 Å². The molecule has 35 heavy (non-hydrogen) atoms. The Morgan fingerprint density at radius 2 is 1.89 bits per heavy atom. The monoisotopic (exact) mass is 476 g/mol. The van der Waals surface area contributed by atoms with E-state index in [2.05, 4.69) is 24.1 Å². The van der Waals surface area contributed by atoms with Gasteiger partial charge in [0.05, 0.1) is 36.7 Å². The molecule has 1 amide bonds. The van der Waals surface area contributed by atoms with E-state index in [9.17, 15) is 9.59 Å². The molecular formula is C27H32N4O4. The summed E-state index contributed by atoms with van der Waals surface area (Å²) in [6, 6.07) is 9.23. The molecule has 0 unspecified atom stereocenters. The Bertz CT molecular complexity index is 1240. The van der Waals surface area contributed by atoms with Crippen LogP contribution in [0.1, 0.15) is 71.3 Å². The SMILES string of the molecule is CCCNC(=O)c1ccc(-n2nc(Cc3ccc(OC)c(OC)c3)c3c2CC(C)(C)CC3=O)nc1. The molecule has 0 saturated heterocycles. The van der Waals surface area contributed by atoms with Gasteiger partial charge in [-0.2, -0.15) is 5.10 Å². The van der Waals surface area contributed by atoms with Gasteiger partial charge < -0.3 is 14.8 Å². The van der Waals surface area contributed by atoms with Gasteiger partial charge in [0, 0.05) is 25.6 Å². The number of methoxy groups -OCH3 is 2. The van der Waals surface area contributed by atoms with E-state index in [1.54, 1.807) is 37.2 Å². The van der Waals surface area contributed by atoms with Crippen molar-refractivity contribution in [3.8, 4) is 17.3 Å². The number of Topliss-reactive ketones (excluding diaryl/α,β-unsaturated/α-hetero) is 1. The number of carbonyl (C=O) groups is 2. The second-order valence-electron chi connectivity index (χ2n) is 9.65. The van der Waals surface area contributed by atoms with E-state index in [0.29, 0.717) is 59.9 Å². The average molecular weight is 477 g/mol. The number of amides is 1. The first-order valence-electron chi connectivity index (χ1n) is 11.9. The number of nitrogens with zero attached hydrogens (tertiary/aromatic N) is 3. The number of carbonyl (C=O) groups excluding carboxylic acids is 2. The third-order valence-corrected chi connectivity index (χ3v) is 6.20. The topological polar surface area (TPSA) is 95.3 Å². The molecule has 4 rings (SSSR count). The van der Waals surface area contributed by atoms with Gasteiger partial charge >= 0.3 is 0 Å². The van der Waals surface area contributed by atoms with Crippen molar-refractivity contribution in [2.75, 3.05) is 20.8 Å². The van der Waals surface area contributed by atoms with Crippen molar-refractivity contribution in [2.45, 2.75) is 46.5 Å². The van der Waals surface area contributed by atoms with Gasteiger partial charge in [-0.05, 0) is 48.1 Å². The quantitative estimate of drug-likeness (QED) is 0.524. The van der Waals surface area contributed by atoms with Gasteiger partial charge in [0.25, 0.3) is 5.91 Å². The summed E-state index contributed by atoms with van der Waals surface area (Å²) in [5.74, 6) is 1.79. The molecule has 0 spiro atoms. The Labute approximate surface area is 205 Å². The molecule has 0 bridgehead atoms. The second-order valence-corrected chi connectivity index (χ2v) is 9.65. The smallest absolute Gasteiger partial charge is 0.252 e. The highest BCUT2D eigenvalue weighted by Gasteiger charge is 2.37. The van der Waals surface area contributed by atoms with Crippen molar-refractivity contribution >= 4 is 11.7 Å². The lowest BCUT2D eigenvalue weighted by molar-refractivity contribution is 0.0908. The zero-order chi connectivity index (χ0) is 25.2. The van der Waals surface area contributed by atoms with Crippen molar-refractivity contribution in [3.63, 3.8) is 0 Å². The summed E-state index contributed by atoms with van der Waals surface area (Å²) in [5.41, 5.74) is 3.51. The maximum atomic E-state index is 13.3. The van der Waals surface area contributed by atoms with Gasteiger partial charge in [-0.15, -0.1) is 0 Å². The lowest BCUT2D eigenvalue weighted by Gasteiger charge is -2.29. The van der Waals surface area contributed by atoms with E-state index in [-0.39, 0.29) is 17.1 Å². The lowest BCUT2D eigenvalue weighted by atomic mass is 9.75. The fraction of sp³-hybridized carbons (Fsp3) is 0.407. The molecule has 8 heteroatoms. The zero-order valence-electron chi connectivity index (χ0n) is 21.0. The van der Waals surface area contributed by atoms with E-state index >= 15 is 0 Å². The largest absolute Gasteiger partial charge is 0.493 e. The Morgan fingerprint density at radius 1 is 1.11 bits per heavy atom. The summed E-state index contributed by atoms with van der Waals surface area (Å²) in [6.45, 7) is 6.80. The molecule has 0 radical (unpaired) electrons. The van der Waals surface area contributed by atoms with Gasteiger partial charge in [-0.25, -0.2) is 9.67 Å². The molecule has 184 valence electrons. The summed E-state index contributed by atoms with van der Waals surface area (Å²) in [5, 5.41) is 7.71. The molecule has 1 aromatic carbocycles. The number of fused-ring (bicyclic) bond motifs is 1. The normalized spacial score (nSPS) is 14.4. The van der Waals surface area contributed by atoms with Crippen molar-refractivity contribution in [3.05, 3.63) is 64.6 Å². The highest BCUT2D eigenvalue weighted by atomic mass is 16.5. The number of pyridine rings is 1. The predicted molar refractivity (Wildman–Crippen MR) is 133 cm³/mol. The molecule has 0 aliphatic heterocycles. The lowest BCUT2D eigenvalue weighted by Crippen LogP contribution is -2.28. The van der Waals surface area contributed by atoms with Crippen LogP contribution in [0.3, 0.4) is 0 Å². The highest BCUT2D eigenvalue weighted by molar-refractivity contribution is 6.00.